The molecule has 20 heavy (non-hydrogen) atoms. The van der Waals surface area contributed by atoms with Crippen LogP contribution in [-0.4, -0.2) is 4.98 Å². The average Bonchev–Trinajstić information content (AvgIpc) is 2.49. The smallest absolute Gasteiger partial charge is 0.219 e. The first-order chi connectivity index (χ1) is 9.63. The van der Waals surface area contributed by atoms with Gasteiger partial charge in [0.1, 0.15) is 5.75 Å². The predicted octanol–water partition coefficient (Wildman–Crippen LogP) is 5.78. The van der Waals surface area contributed by atoms with Gasteiger partial charge < -0.3 is 4.74 Å². The number of aromatic nitrogens is 1. The van der Waals surface area contributed by atoms with Crippen molar-refractivity contribution in [2.75, 3.05) is 0 Å². The molecule has 1 unspecified atom stereocenters. The number of rotatable bonds is 5. The number of pyridine rings is 1. The number of halogens is 2. The van der Waals surface area contributed by atoms with Crippen molar-refractivity contribution in [1.29, 1.82) is 0 Å². The van der Waals surface area contributed by atoms with Crippen molar-refractivity contribution in [1.82, 2.24) is 4.98 Å². The second-order valence-electron chi connectivity index (χ2n) is 4.69. The molecule has 0 saturated carbocycles. The molecule has 0 aliphatic rings. The van der Waals surface area contributed by atoms with E-state index in [4.69, 9.17) is 27.9 Å². The first-order valence-corrected chi connectivity index (χ1v) is 7.54. The van der Waals surface area contributed by atoms with Gasteiger partial charge in [-0.1, -0.05) is 37.6 Å². The third kappa shape index (κ3) is 3.65. The highest BCUT2D eigenvalue weighted by Gasteiger charge is 2.06. The van der Waals surface area contributed by atoms with E-state index in [-0.39, 0.29) is 5.88 Å². The molecular formula is C16H17Cl2NO. The molecule has 1 heterocycles. The lowest BCUT2D eigenvalue weighted by molar-refractivity contribution is 0.461. The summed E-state index contributed by atoms with van der Waals surface area (Å²) in [6.45, 7) is 4.39. The number of alkyl halides is 1. The summed E-state index contributed by atoms with van der Waals surface area (Å²) in [5, 5.41) is 0.555. The molecule has 0 saturated heterocycles. The first-order valence-electron chi connectivity index (χ1n) is 6.63. The maximum absolute atomic E-state index is 5.97. The van der Waals surface area contributed by atoms with Gasteiger partial charge in [-0.25, -0.2) is 4.98 Å². The predicted molar refractivity (Wildman–Crippen MR) is 84.0 cm³/mol. The standard InChI is InChI=1S/C16H17Cl2NO/c1-3-11(2)12-4-6-13(7-5-12)20-16-9-8-14(18)15(10-17)19-16/h4-9,11H,3,10H2,1-2H3. The molecule has 2 nitrogen and oxygen atoms in total. The van der Waals surface area contributed by atoms with Crippen LogP contribution in [0.1, 0.15) is 37.4 Å². The molecule has 0 N–H and O–H groups in total. The van der Waals surface area contributed by atoms with E-state index in [9.17, 15) is 0 Å². The third-order valence-electron chi connectivity index (χ3n) is 3.30. The summed E-state index contributed by atoms with van der Waals surface area (Å²) in [7, 11) is 0. The Kier molecular flexibility index (Phi) is 5.27. The zero-order valence-electron chi connectivity index (χ0n) is 11.6. The summed E-state index contributed by atoms with van der Waals surface area (Å²) in [6, 6.07) is 11.6. The molecule has 4 heteroatoms. The zero-order chi connectivity index (χ0) is 14.5. The number of hydrogen-bond acceptors (Lipinski definition) is 2. The van der Waals surface area contributed by atoms with Gasteiger partial charge in [-0.15, -0.1) is 11.6 Å². The Morgan fingerprint density at radius 1 is 1.15 bits per heavy atom. The van der Waals surface area contributed by atoms with Gasteiger partial charge in [0, 0.05) is 6.07 Å². The summed E-state index contributed by atoms with van der Waals surface area (Å²) in [5.41, 5.74) is 1.94. The van der Waals surface area contributed by atoms with Gasteiger partial charge in [0.15, 0.2) is 0 Å². The van der Waals surface area contributed by atoms with Gasteiger partial charge in [-0.05, 0) is 36.1 Å². The molecule has 0 spiro atoms. The molecular weight excluding hydrogens is 293 g/mol. The topological polar surface area (TPSA) is 22.1 Å². The summed E-state index contributed by atoms with van der Waals surface area (Å²) in [4.78, 5) is 4.27. The molecule has 1 aromatic carbocycles. The molecule has 1 aromatic heterocycles. The molecule has 0 amide bonds. The number of benzene rings is 1. The second-order valence-corrected chi connectivity index (χ2v) is 5.37. The average molecular weight is 310 g/mol. The molecule has 106 valence electrons. The van der Waals surface area contributed by atoms with Crippen LogP contribution in [0.3, 0.4) is 0 Å². The summed E-state index contributed by atoms with van der Waals surface area (Å²) in [6.07, 6.45) is 1.12. The van der Waals surface area contributed by atoms with Crippen LogP contribution in [0, 0.1) is 0 Å². The molecule has 2 rings (SSSR count). The van der Waals surface area contributed by atoms with Gasteiger partial charge >= 0.3 is 0 Å². The van der Waals surface area contributed by atoms with Crippen LogP contribution >= 0.6 is 23.2 Å². The second kappa shape index (κ2) is 6.96. The molecule has 0 aliphatic heterocycles. The Morgan fingerprint density at radius 2 is 1.85 bits per heavy atom. The molecule has 0 radical (unpaired) electrons. The van der Waals surface area contributed by atoms with Gasteiger partial charge in [-0.3, -0.25) is 0 Å². The maximum Gasteiger partial charge on any atom is 0.219 e. The van der Waals surface area contributed by atoms with E-state index in [1.54, 1.807) is 12.1 Å². The normalized spacial score (nSPS) is 12.2. The van der Waals surface area contributed by atoms with Crippen LogP contribution in [0.25, 0.3) is 0 Å². The van der Waals surface area contributed by atoms with Crippen molar-refractivity contribution in [3.05, 3.63) is 52.7 Å². The fraction of sp³-hybridized carbons (Fsp3) is 0.312. The Bertz CT molecular complexity index is 569. The minimum absolute atomic E-state index is 0.267. The van der Waals surface area contributed by atoms with Crippen molar-refractivity contribution >= 4 is 23.2 Å². The van der Waals surface area contributed by atoms with Crippen LogP contribution in [0.5, 0.6) is 11.6 Å². The Labute approximate surface area is 129 Å². The monoisotopic (exact) mass is 309 g/mol. The molecule has 1 atom stereocenters. The van der Waals surface area contributed by atoms with E-state index < -0.39 is 0 Å². The lowest BCUT2D eigenvalue weighted by Crippen LogP contribution is -1.94. The number of ether oxygens (including phenoxy) is 1. The van der Waals surface area contributed by atoms with E-state index in [1.807, 2.05) is 12.1 Å². The van der Waals surface area contributed by atoms with E-state index >= 15 is 0 Å². The maximum atomic E-state index is 5.97. The third-order valence-corrected chi connectivity index (χ3v) is 3.90. The molecule has 0 fully saturated rings. The summed E-state index contributed by atoms with van der Waals surface area (Å²) in [5.74, 6) is 2.08. The van der Waals surface area contributed by atoms with E-state index in [0.29, 0.717) is 22.5 Å². The molecule has 0 bridgehead atoms. The van der Waals surface area contributed by atoms with Crippen molar-refractivity contribution in [2.24, 2.45) is 0 Å². The Morgan fingerprint density at radius 3 is 2.45 bits per heavy atom. The van der Waals surface area contributed by atoms with Gasteiger partial charge in [0.25, 0.3) is 0 Å². The quantitative estimate of drug-likeness (QED) is 0.653. The fourth-order valence-electron chi connectivity index (χ4n) is 1.84. The van der Waals surface area contributed by atoms with Crippen LogP contribution in [0.4, 0.5) is 0 Å². The number of hydrogen-bond donors (Lipinski definition) is 0. The zero-order valence-corrected chi connectivity index (χ0v) is 13.1. The van der Waals surface area contributed by atoms with Gasteiger partial charge in [-0.2, -0.15) is 0 Å². The first kappa shape index (κ1) is 15.1. The molecule has 2 aromatic rings. The van der Waals surface area contributed by atoms with Crippen molar-refractivity contribution < 1.29 is 4.74 Å². The molecule has 0 aliphatic carbocycles. The van der Waals surface area contributed by atoms with E-state index in [2.05, 4.69) is 31.0 Å². The summed E-state index contributed by atoms with van der Waals surface area (Å²) >= 11 is 11.7. The lowest BCUT2D eigenvalue weighted by Gasteiger charge is -2.10. The largest absolute Gasteiger partial charge is 0.439 e. The minimum Gasteiger partial charge on any atom is -0.439 e. The van der Waals surface area contributed by atoms with Gasteiger partial charge in [0.05, 0.1) is 16.6 Å². The SMILES string of the molecule is CCC(C)c1ccc(Oc2ccc(Cl)c(CCl)n2)cc1. The van der Waals surface area contributed by atoms with Crippen molar-refractivity contribution in [2.45, 2.75) is 32.1 Å². The van der Waals surface area contributed by atoms with Crippen LogP contribution in [0.15, 0.2) is 36.4 Å². The van der Waals surface area contributed by atoms with E-state index in [0.717, 1.165) is 12.2 Å². The number of nitrogens with zero attached hydrogens (tertiary/aromatic N) is 1. The summed E-state index contributed by atoms with van der Waals surface area (Å²) < 4.78 is 5.72. The minimum atomic E-state index is 0.267. The van der Waals surface area contributed by atoms with Crippen LogP contribution in [0.2, 0.25) is 5.02 Å². The Balaban J connectivity index is 2.14. The highest BCUT2D eigenvalue weighted by molar-refractivity contribution is 6.32. The Hall–Kier alpha value is -1.25. The van der Waals surface area contributed by atoms with Crippen LogP contribution in [-0.2, 0) is 5.88 Å². The van der Waals surface area contributed by atoms with Crippen molar-refractivity contribution in [3.8, 4) is 11.6 Å². The van der Waals surface area contributed by atoms with E-state index in [1.165, 1.54) is 5.56 Å². The van der Waals surface area contributed by atoms with Gasteiger partial charge in [0.2, 0.25) is 5.88 Å². The lowest BCUT2D eigenvalue weighted by atomic mass is 9.99. The highest BCUT2D eigenvalue weighted by atomic mass is 35.5. The van der Waals surface area contributed by atoms with Crippen molar-refractivity contribution in [3.63, 3.8) is 0 Å². The highest BCUT2D eigenvalue weighted by Crippen LogP contribution is 2.26. The fourth-order valence-corrected chi connectivity index (χ4v) is 2.28. The van der Waals surface area contributed by atoms with Crippen LogP contribution < -0.4 is 4.74 Å².